The van der Waals surface area contributed by atoms with E-state index in [2.05, 4.69) is 44.0 Å². The largest absolute Gasteiger partial charge is 0.389 e. The number of aliphatic hydroxyl groups excluding tert-OH is 1. The first kappa shape index (κ1) is 14.1. The summed E-state index contributed by atoms with van der Waals surface area (Å²) in [5.74, 6) is 0. The second-order valence-electron chi connectivity index (χ2n) is 3.92. The van der Waals surface area contributed by atoms with Crippen LogP contribution in [0, 0.1) is 0 Å². The number of aliphatic hydroxyl groups is 1. The molecule has 0 amide bonds. The summed E-state index contributed by atoms with van der Waals surface area (Å²) in [7, 11) is 0. The van der Waals surface area contributed by atoms with Crippen molar-refractivity contribution in [2.75, 3.05) is 0 Å². The van der Waals surface area contributed by atoms with Crippen molar-refractivity contribution in [3.63, 3.8) is 0 Å². The monoisotopic (exact) mass is 386 g/mol. The summed E-state index contributed by atoms with van der Waals surface area (Å²) >= 11 is 8.65. The molecular weight excluding hydrogens is 376 g/mol. The van der Waals surface area contributed by atoms with Crippen molar-refractivity contribution in [1.29, 1.82) is 0 Å². The zero-order chi connectivity index (χ0) is 13.1. The summed E-state index contributed by atoms with van der Waals surface area (Å²) in [5.41, 5.74) is 0.911. The minimum atomic E-state index is -0.454. The van der Waals surface area contributed by atoms with Crippen LogP contribution in [0.25, 0.3) is 0 Å². The van der Waals surface area contributed by atoms with Gasteiger partial charge in [-0.1, -0.05) is 55.8 Å². The highest BCUT2D eigenvalue weighted by molar-refractivity contribution is 9.10. The molecule has 1 nitrogen and oxygen atoms in total. The Bertz CT molecular complexity index is 555. The lowest BCUT2D eigenvalue weighted by atomic mass is 10.1. The first-order valence-corrected chi connectivity index (χ1v) is 7.87. The molecule has 0 fully saturated rings. The number of benzene rings is 2. The van der Waals surface area contributed by atoms with Crippen molar-refractivity contribution >= 4 is 43.6 Å². The zero-order valence-electron chi connectivity index (χ0n) is 9.73. The molecule has 0 spiro atoms. The van der Waals surface area contributed by atoms with E-state index in [0.717, 1.165) is 19.4 Å². The van der Waals surface area contributed by atoms with E-state index >= 15 is 0 Å². The number of hydrogen-bond acceptors (Lipinski definition) is 2. The smallest absolute Gasteiger partial charge is 0.0772 e. The van der Waals surface area contributed by atoms with E-state index in [-0.39, 0.29) is 0 Å². The van der Waals surface area contributed by atoms with Gasteiger partial charge in [-0.15, -0.1) is 0 Å². The lowest BCUT2D eigenvalue weighted by Gasteiger charge is -2.09. The van der Waals surface area contributed by atoms with Crippen molar-refractivity contribution in [1.82, 2.24) is 0 Å². The average molecular weight is 388 g/mol. The summed E-state index contributed by atoms with van der Waals surface area (Å²) < 4.78 is 2.02. The molecule has 0 aromatic heterocycles. The van der Waals surface area contributed by atoms with Crippen molar-refractivity contribution < 1.29 is 5.11 Å². The van der Waals surface area contributed by atoms with Gasteiger partial charge in [0.2, 0.25) is 0 Å². The van der Waals surface area contributed by atoms with Gasteiger partial charge in [0, 0.05) is 18.7 Å². The quantitative estimate of drug-likeness (QED) is 0.758. The Labute approximate surface area is 128 Å². The van der Waals surface area contributed by atoms with E-state index in [1.165, 1.54) is 4.90 Å². The Morgan fingerprint density at radius 1 is 1.06 bits per heavy atom. The zero-order valence-corrected chi connectivity index (χ0v) is 13.7. The van der Waals surface area contributed by atoms with Crippen LogP contribution in [0.5, 0.6) is 0 Å². The third kappa shape index (κ3) is 3.60. The van der Waals surface area contributed by atoms with Gasteiger partial charge < -0.3 is 5.11 Å². The summed E-state index contributed by atoms with van der Waals surface area (Å²) in [5, 5.41) is 9.58. The summed E-state index contributed by atoms with van der Waals surface area (Å²) in [6.07, 6.45) is -0.454. The standard InChI is InChI=1S/C14H12Br2OS/c1-9(17)13-6-5-12(8-14(13)16)18-11-4-2-3-10(15)7-11/h2-9,17H,1H3/t9-/m1/s1. The van der Waals surface area contributed by atoms with Crippen LogP contribution in [0.2, 0.25) is 0 Å². The molecule has 94 valence electrons. The first-order chi connectivity index (χ1) is 8.56. The predicted molar refractivity (Wildman–Crippen MR) is 83.0 cm³/mol. The first-order valence-electron chi connectivity index (χ1n) is 5.47. The minimum Gasteiger partial charge on any atom is -0.389 e. The third-order valence-corrected chi connectivity index (χ3v) is 4.61. The number of hydrogen-bond donors (Lipinski definition) is 1. The van der Waals surface area contributed by atoms with E-state index in [9.17, 15) is 5.11 Å². The van der Waals surface area contributed by atoms with Gasteiger partial charge in [-0.25, -0.2) is 0 Å². The topological polar surface area (TPSA) is 20.2 Å². The Morgan fingerprint density at radius 2 is 1.78 bits per heavy atom. The van der Waals surface area contributed by atoms with Gasteiger partial charge in [0.15, 0.2) is 0 Å². The Morgan fingerprint density at radius 3 is 2.39 bits per heavy atom. The normalized spacial score (nSPS) is 12.4. The number of rotatable bonds is 3. The molecule has 0 heterocycles. The summed E-state index contributed by atoms with van der Waals surface area (Å²) in [4.78, 5) is 2.32. The lowest BCUT2D eigenvalue weighted by molar-refractivity contribution is 0.198. The molecule has 0 aliphatic rings. The van der Waals surface area contributed by atoms with Gasteiger partial charge in [-0.05, 0) is 42.8 Å². The molecule has 0 radical (unpaired) electrons. The van der Waals surface area contributed by atoms with Crippen LogP contribution in [0.1, 0.15) is 18.6 Å². The molecule has 0 aliphatic carbocycles. The molecule has 2 aromatic rings. The van der Waals surface area contributed by atoms with Crippen molar-refractivity contribution in [3.05, 3.63) is 57.0 Å². The Hall–Kier alpha value is -0.290. The van der Waals surface area contributed by atoms with Gasteiger partial charge in [0.25, 0.3) is 0 Å². The summed E-state index contributed by atoms with van der Waals surface area (Å²) in [6.45, 7) is 1.77. The van der Waals surface area contributed by atoms with Crippen LogP contribution in [-0.2, 0) is 0 Å². The van der Waals surface area contributed by atoms with E-state index in [4.69, 9.17) is 0 Å². The molecule has 0 aliphatic heterocycles. The molecule has 2 rings (SSSR count). The number of halogens is 2. The van der Waals surface area contributed by atoms with Gasteiger partial charge in [-0.2, -0.15) is 0 Å². The van der Waals surface area contributed by atoms with Crippen LogP contribution in [0.3, 0.4) is 0 Å². The van der Waals surface area contributed by atoms with E-state index in [1.54, 1.807) is 18.7 Å². The highest BCUT2D eigenvalue weighted by atomic mass is 79.9. The fourth-order valence-electron chi connectivity index (χ4n) is 1.58. The molecule has 1 N–H and O–H groups in total. The van der Waals surface area contributed by atoms with Crippen molar-refractivity contribution in [3.8, 4) is 0 Å². The SMILES string of the molecule is C[C@@H](O)c1ccc(Sc2cccc(Br)c2)cc1Br. The molecule has 1 atom stereocenters. The van der Waals surface area contributed by atoms with Gasteiger partial charge in [-0.3, -0.25) is 0 Å². The van der Waals surface area contributed by atoms with Crippen LogP contribution < -0.4 is 0 Å². The predicted octanol–water partition coefficient (Wildman–Crippen LogP) is 5.42. The van der Waals surface area contributed by atoms with Crippen LogP contribution in [-0.4, -0.2) is 5.11 Å². The lowest BCUT2D eigenvalue weighted by Crippen LogP contribution is -1.92. The van der Waals surface area contributed by atoms with Gasteiger partial charge >= 0.3 is 0 Å². The maximum absolute atomic E-state index is 9.58. The highest BCUT2D eigenvalue weighted by Crippen LogP contribution is 2.33. The maximum atomic E-state index is 9.58. The molecule has 0 bridgehead atoms. The fraction of sp³-hybridized carbons (Fsp3) is 0.143. The average Bonchev–Trinajstić information content (AvgIpc) is 2.28. The molecule has 4 heteroatoms. The van der Waals surface area contributed by atoms with E-state index in [0.29, 0.717) is 0 Å². The van der Waals surface area contributed by atoms with Crippen LogP contribution >= 0.6 is 43.6 Å². The van der Waals surface area contributed by atoms with Crippen molar-refractivity contribution in [2.24, 2.45) is 0 Å². The van der Waals surface area contributed by atoms with E-state index in [1.807, 2.05) is 30.3 Å². The third-order valence-electron chi connectivity index (χ3n) is 2.45. The molecule has 18 heavy (non-hydrogen) atoms. The molecular formula is C14H12Br2OS. The van der Waals surface area contributed by atoms with Gasteiger partial charge in [0.05, 0.1) is 6.10 Å². The van der Waals surface area contributed by atoms with Gasteiger partial charge in [0.1, 0.15) is 0 Å². The summed E-state index contributed by atoms with van der Waals surface area (Å²) in [6, 6.07) is 14.2. The molecule has 0 unspecified atom stereocenters. The van der Waals surface area contributed by atoms with E-state index < -0.39 is 6.10 Å². The fourth-order valence-corrected chi connectivity index (χ4v) is 3.91. The molecule has 0 saturated carbocycles. The highest BCUT2D eigenvalue weighted by Gasteiger charge is 2.07. The van der Waals surface area contributed by atoms with Crippen molar-refractivity contribution in [2.45, 2.75) is 22.8 Å². The Balaban J connectivity index is 2.23. The minimum absolute atomic E-state index is 0.454. The molecule has 0 saturated heterocycles. The maximum Gasteiger partial charge on any atom is 0.0772 e. The second kappa shape index (κ2) is 6.24. The van der Waals surface area contributed by atoms with Crippen LogP contribution in [0.15, 0.2) is 61.2 Å². The Kier molecular flexibility index (Phi) is 4.90. The van der Waals surface area contributed by atoms with Crippen LogP contribution in [0.4, 0.5) is 0 Å². The molecule has 2 aromatic carbocycles. The second-order valence-corrected chi connectivity index (χ2v) is 6.84.